The van der Waals surface area contributed by atoms with Gasteiger partial charge in [-0.3, -0.25) is 67.5 Å². The number of carboxylic acids is 1. The number of thioether (sulfide) groups is 1. The number of carboxylic acid groups (broad SMARTS) is 1. The number of ketones is 5. The first-order valence-electron chi connectivity index (χ1n) is 40.2. The van der Waals surface area contributed by atoms with Crippen molar-refractivity contribution >= 4 is 105 Å². The van der Waals surface area contributed by atoms with Crippen LogP contribution in [0.15, 0.2) is 70.8 Å². The van der Waals surface area contributed by atoms with Crippen LogP contribution in [0.25, 0.3) is 10.9 Å². The van der Waals surface area contributed by atoms with Gasteiger partial charge in [-0.05, 0) is 99.3 Å². The molecular weight excluding hydrogens is 1440 g/mol. The molecule has 0 aliphatic heterocycles. The van der Waals surface area contributed by atoms with Gasteiger partial charge in [-0.1, -0.05) is 180 Å². The van der Waals surface area contributed by atoms with Crippen LogP contribution in [0.1, 0.15) is 240 Å². The lowest BCUT2D eigenvalue weighted by atomic mass is 9.84. The van der Waals surface area contributed by atoms with Crippen LogP contribution in [0.2, 0.25) is 0 Å². The number of hydrogen-bond donors (Lipinski definition) is 13. The molecule has 0 aliphatic carbocycles. The van der Waals surface area contributed by atoms with Gasteiger partial charge < -0.3 is 70.4 Å². The average molecular weight is 1570 g/mol. The minimum atomic E-state index is -1.39. The third-order valence-electron chi connectivity index (χ3n) is 20.4. The molecule has 0 saturated carbocycles. The molecule has 12 atom stereocenters. The molecule has 0 aliphatic rings. The van der Waals surface area contributed by atoms with E-state index < -0.39 is 120 Å². The van der Waals surface area contributed by atoms with Gasteiger partial charge in [-0.15, -0.1) is 0 Å². The van der Waals surface area contributed by atoms with Crippen LogP contribution >= 0.6 is 11.8 Å². The number of benzene rings is 2. The summed E-state index contributed by atoms with van der Waals surface area (Å²) in [5, 5.41) is 34.5. The van der Waals surface area contributed by atoms with Crippen LogP contribution < -0.4 is 55.3 Å². The number of aliphatic hydroxyl groups is 1. The smallest absolute Gasteiger partial charge is 0.304 e. The molecule has 0 spiro atoms. The summed E-state index contributed by atoms with van der Waals surface area (Å²) in [4.78, 5) is 170. The first-order chi connectivity index (χ1) is 52.8. The Labute approximate surface area is 662 Å². The van der Waals surface area contributed by atoms with Gasteiger partial charge in [0.25, 0.3) is 0 Å². The lowest BCUT2D eigenvalue weighted by Crippen LogP contribution is -2.50. The second-order valence-corrected chi connectivity index (χ2v) is 31.4. The highest BCUT2D eigenvalue weighted by Crippen LogP contribution is 2.26. The van der Waals surface area contributed by atoms with Crippen molar-refractivity contribution in [3.63, 3.8) is 0 Å². The van der Waals surface area contributed by atoms with Crippen molar-refractivity contribution in [2.45, 2.75) is 272 Å². The molecule has 622 valence electrons. The molecule has 0 fully saturated rings. The summed E-state index contributed by atoms with van der Waals surface area (Å²) in [5.74, 6) is -10.4. The third kappa shape index (κ3) is 41.0. The largest absolute Gasteiger partial charge is 0.481 e. The molecule has 6 amide bonds. The zero-order valence-electron chi connectivity index (χ0n) is 67.9. The Balaban J connectivity index is 0.000000757. The summed E-state index contributed by atoms with van der Waals surface area (Å²) < 4.78 is 0. The minimum Gasteiger partial charge on any atom is -0.481 e. The van der Waals surface area contributed by atoms with E-state index in [9.17, 15) is 67.7 Å². The number of unbranched alkanes of at least 4 members (excludes halogenated alkanes) is 12. The average Bonchev–Trinajstić information content (AvgIpc) is 1.72. The molecule has 0 saturated heterocycles. The predicted molar refractivity (Wildman–Crippen MR) is 440 cm³/mol. The number of H-pyrrole nitrogens is 1. The number of para-hydroxylation sites is 1. The van der Waals surface area contributed by atoms with Crippen molar-refractivity contribution in [3.8, 4) is 0 Å². The lowest BCUT2D eigenvalue weighted by Gasteiger charge is -2.26. The molecule has 1 heterocycles. The first kappa shape index (κ1) is 98.5. The Morgan fingerprint density at radius 2 is 1.03 bits per heavy atom. The number of aromatic nitrogens is 1. The van der Waals surface area contributed by atoms with Crippen molar-refractivity contribution in [2.24, 2.45) is 86.0 Å². The third-order valence-corrected chi connectivity index (χ3v) is 21.0. The lowest BCUT2D eigenvalue weighted by molar-refractivity contribution is -0.143. The number of nitrogens with one attached hydrogen (secondary N) is 6. The topological polar surface area (TPSA) is 476 Å². The van der Waals surface area contributed by atoms with Gasteiger partial charge in [-0.25, -0.2) is 0 Å². The maximum absolute atomic E-state index is 14.4. The van der Waals surface area contributed by atoms with E-state index in [0.29, 0.717) is 57.2 Å². The normalized spacial score (nSPS) is 14.5. The molecule has 1 aromatic heterocycles. The monoisotopic (exact) mass is 1570 g/mol. The number of amides is 6. The summed E-state index contributed by atoms with van der Waals surface area (Å²) in [6.45, 7) is 15.3. The second kappa shape index (κ2) is 55.8. The minimum absolute atomic E-state index is 0.00742. The van der Waals surface area contributed by atoms with Crippen LogP contribution in [0.5, 0.6) is 0 Å². The molecule has 0 unspecified atom stereocenters. The van der Waals surface area contributed by atoms with E-state index in [4.69, 9.17) is 28.7 Å². The molecule has 2 aromatic carbocycles. The van der Waals surface area contributed by atoms with Crippen molar-refractivity contribution in [1.29, 1.82) is 0 Å². The number of aliphatic imine (C=N–C) groups is 2. The summed E-state index contributed by atoms with van der Waals surface area (Å²) in [6.07, 6.45) is 19.3. The quantitative estimate of drug-likeness (QED) is 0.0142. The van der Waals surface area contributed by atoms with Crippen LogP contribution in [0.3, 0.4) is 0 Å². The van der Waals surface area contributed by atoms with Crippen LogP contribution in [-0.4, -0.2) is 160 Å². The summed E-state index contributed by atoms with van der Waals surface area (Å²) >= 11 is 1.53. The van der Waals surface area contributed by atoms with Gasteiger partial charge >= 0.3 is 5.97 Å². The van der Waals surface area contributed by atoms with Gasteiger partial charge in [0.05, 0.1) is 36.6 Å². The highest BCUT2D eigenvalue weighted by Gasteiger charge is 2.37. The van der Waals surface area contributed by atoms with E-state index in [1.54, 1.807) is 6.92 Å². The van der Waals surface area contributed by atoms with Crippen molar-refractivity contribution in [2.75, 3.05) is 32.1 Å². The standard InChI is InChI=1S/C44H63N7O6S.C39H72N6O8/c1-6-27(2)34(41(45)55)25-40(54)36(22-30-14-8-7-9-15-30)51-43(57)31(18-20-58-5)24-39(53)37(23-32-26-49-35-17-11-10-16-33(32)35)50-42(56)29(4)21-38(52)28(3)13-12-19-48-44(46)47;1-6-7-8-9-10-11-12-13-14-15-16-17-18-21-34(49)45-36(28(4)46)33(48)25-30(26-35(50)51)38(53)44-31(20-19-22-43-39(40)41)32(47)24-29(23-27(2)3)37(52)42-5/h7-11,14-17,26-29,31,34,36-37,49H,6,12-13,18-25H2,1-5H3,(H2,45,55)(H,50,56)(H,51,57)(H4,46,47,48);27-31,36,46H,6-26H2,1-5H3,(H,42,52)(H,44,53)(H,45,49)(H,50,51)(H4,40,41,43)/t27-,28-,29+,31+,34-,36-,37-;28-,29-,30+,31+,36+/m01/s1. The fourth-order valence-corrected chi connectivity index (χ4v) is 13.9. The van der Waals surface area contributed by atoms with Gasteiger partial charge in [0.1, 0.15) is 11.8 Å². The molecule has 0 radical (unpaired) electrons. The number of nitrogens with zero attached hydrogens (tertiary/aromatic N) is 2. The first-order valence-corrected chi connectivity index (χ1v) is 41.6. The number of carbonyl (C=O) groups excluding carboxylic acids is 11. The number of carbonyl (C=O) groups is 12. The van der Waals surface area contributed by atoms with E-state index in [0.717, 1.165) is 41.3 Å². The van der Waals surface area contributed by atoms with Crippen molar-refractivity contribution < 1.29 is 67.7 Å². The molecule has 3 aromatic rings. The summed E-state index contributed by atoms with van der Waals surface area (Å²) in [6, 6.07) is 12.5. The molecule has 111 heavy (non-hydrogen) atoms. The molecule has 0 bridgehead atoms. The number of aromatic amines is 1. The Morgan fingerprint density at radius 3 is 1.58 bits per heavy atom. The van der Waals surface area contributed by atoms with Gasteiger partial charge in [0.2, 0.25) is 35.4 Å². The molecule has 27 nitrogen and oxygen atoms in total. The number of rotatable bonds is 60. The molecular formula is C83H135N13O14S. The Hall–Kier alpha value is -8.53. The number of primary amides is 1. The summed E-state index contributed by atoms with van der Waals surface area (Å²) in [5.41, 5.74) is 29.8. The van der Waals surface area contributed by atoms with Gasteiger partial charge in [0.15, 0.2) is 35.1 Å². The maximum atomic E-state index is 14.4. The van der Waals surface area contributed by atoms with E-state index >= 15 is 0 Å². The van der Waals surface area contributed by atoms with Crippen LogP contribution in [-0.2, 0) is 70.4 Å². The van der Waals surface area contributed by atoms with Gasteiger partial charge in [-0.2, -0.15) is 11.8 Å². The SMILES string of the molecule is CCCCCCCCCCCCCCCC(=O)N[C@H](C(=O)C[C@@H](CC(=O)O)C(=O)N[C@@H](CCCN=C(N)N)C(=O)C[C@@H](CC(C)C)C(=O)NC)[C@@H](C)O.CC[C@H](C)[C@H](CC(=O)[C@H](Cc1ccccc1)NC(=O)[C@H](CCSC)CC(=O)[C@H](Cc1c[nH]c2ccccc12)NC(=O)[C@H](C)CC(=O)[C@@H](C)CCCN=C(N)N)C(N)=O. The Kier molecular flexibility index (Phi) is 49.6. The molecule has 28 heteroatoms. The van der Waals surface area contributed by atoms with Crippen LogP contribution in [0, 0.1) is 47.3 Å². The van der Waals surface area contributed by atoms with E-state index in [2.05, 4.69) is 48.5 Å². The van der Waals surface area contributed by atoms with Crippen molar-refractivity contribution in [3.05, 3.63) is 71.9 Å². The van der Waals surface area contributed by atoms with E-state index in [1.165, 1.54) is 83.5 Å². The number of aliphatic hydroxyl groups excluding tert-OH is 1. The predicted octanol–water partition coefficient (Wildman–Crippen LogP) is 8.93. The number of Topliss-reactive ketones (excluding diaryl/α,β-unsaturated/α-hetero) is 5. The second-order valence-electron chi connectivity index (χ2n) is 30.4. The fourth-order valence-electron chi connectivity index (χ4n) is 13.4. The number of hydrogen-bond acceptors (Lipinski definition) is 16. The highest BCUT2D eigenvalue weighted by atomic mass is 32.2. The Bertz CT molecular complexity index is 3410. The number of guanidine groups is 2. The fraction of sp³-hybridized carbons (Fsp3) is 0.663. The van der Waals surface area contributed by atoms with E-state index in [-0.39, 0.29) is 111 Å². The van der Waals surface area contributed by atoms with Gasteiger partial charge in [0, 0.05) is 112 Å². The Morgan fingerprint density at radius 1 is 0.514 bits per heavy atom. The van der Waals surface area contributed by atoms with E-state index in [1.807, 2.05) is 102 Å². The number of fused-ring (bicyclic) bond motifs is 1. The number of nitrogens with two attached hydrogens (primary N) is 5. The zero-order chi connectivity index (χ0) is 83.0. The maximum Gasteiger partial charge on any atom is 0.304 e. The van der Waals surface area contributed by atoms with Crippen molar-refractivity contribution in [1.82, 2.24) is 31.6 Å². The number of aliphatic carboxylic acids is 1. The molecule has 18 N–H and O–H groups in total. The highest BCUT2D eigenvalue weighted by molar-refractivity contribution is 7.98. The summed E-state index contributed by atoms with van der Waals surface area (Å²) in [7, 11) is 1.48. The zero-order valence-corrected chi connectivity index (χ0v) is 68.7. The van der Waals surface area contributed by atoms with Crippen LogP contribution in [0.4, 0.5) is 0 Å². The molecule has 3 rings (SSSR count).